The van der Waals surface area contributed by atoms with Crippen molar-refractivity contribution in [2.45, 2.75) is 13.0 Å². The second-order valence-electron chi connectivity index (χ2n) is 4.64. The third kappa shape index (κ3) is 4.06. The zero-order chi connectivity index (χ0) is 15.1. The van der Waals surface area contributed by atoms with Crippen LogP contribution in [0.1, 0.15) is 16.7 Å². The van der Waals surface area contributed by atoms with Crippen molar-refractivity contribution in [3.05, 3.63) is 59.2 Å². The van der Waals surface area contributed by atoms with E-state index in [9.17, 15) is 5.26 Å². The lowest BCUT2D eigenvalue weighted by atomic mass is 10.1. The summed E-state index contributed by atoms with van der Waals surface area (Å²) in [5, 5.41) is 9.17. The number of hydrogen-bond acceptors (Lipinski definition) is 4. The fourth-order valence-electron chi connectivity index (χ4n) is 1.95. The van der Waals surface area contributed by atoms with Crippen LogP contribution in [0.4, 0.5) is 0 Å². The molecule has 2 aromatic rings. The van der Waals surface area contributed by atoms with E-state index in [4.69, 9.17) is 15.2 Å². The van der Waals surface area contributed by atoms with Gasteiger partial charge in [-0.05, 0) is 41.8 Å². The first kappa shape index (κ1) is 15.0. The SMILES string of the molecule is COCCc1ccc(Oc2ccc(CN)cc2C#N)cc1. The maximum Gasteiger partial charge on any atom is 0.145 e. The highest BCUT2D eigenvalue weighted by Crippen LogP contribution is 2.26. The van der Waals surface area contributed by atoms with Crippen molar-refractivity contribution in [3.63, 3.8) is 0 Å². The largest absolute Gasteiger partial charge is 0.456 e. The molecule has 0 fully saturated rings. The van der Waals surface area contributed by atoms with Crippen LogP contribution in [0.25, 0.3) is 0 Å². The van der Waals surface area contributed by atoms with E-state index in [1.54, 1.807) is 19.2 Å². The molecule has 0 bridgehead atoms. The number of rotatable bonds is 6. The Labute approximate surface area is 124 Å². The highest BCUT2D eigenvalue weighted by Gasteiger charge is 2.06. The number of hydrogen-bond donors (Lipinski definition) is 1. The average molecular weight is 282 g/mol. The lowest BCUT2D eigenvalue weighted by Gasteiger charge is -2.09. The Morgan fingerprint density at radius 3 is 2.43 bits per heavy atom. The Kier molecular flexibility index (Phi) is 5.33. The van der Waals surface area contributed by atoms with Crippen LogP contribution in [0.5, 0.6) is 11.5 Å². The van der Waals surface area contributed by atoms with E-state index >= 15 is 0 Å². The first-order valence-corrected chi connectivity index (χ1v) is 6.75. The van der Waals surface area contributed by atoms with Crippen LogP contribution in [0.3, 0.4) is 0 Å². The van der Waals surface area contributed by atoms with Crippen LogP contribution in [0.2, 0.25) is 0 Å². The normalized spacial score (nSPS) is 10.1. The van der Waals surface area contributed by atoms with E-state index < -0.39 is 0 Å². The summed E-state index contributed by atoms with van der Waals surface area (Å²) in [5.74, 6) is 1.24. The molecule has 0 aliphatic rings. The Balaban J connectivity index is 2.13. The molecular formula is C17H18N2O2. The van der Waals surface area contributed by atoms with Crippen molar-refractivity contribution in [3.8, 4) is 17.6 Å². The molecule has 0 aliphatic heterocycles. The van der Waals surface area contributed by atoms with Crippen LogP contribution in [0.15, 0.2) is 42.5 Å². The van der Waals surface area contributed by atoms with E-state index in [0.717, 1.165) is 12.0 Å². The van der Waals surface area contributed by atoms with Crippen LogP contribution >= 0.6 is 0 Å². The fourth-order valence-corrected chi connectivity index (χ4v) is 1.95. The van der Waals surface area contributed by atoms with Gasteiger partial charge >= 0.3 is 0 Å². The summed E-state index contributed by atoms with van der Waals surface area (Å²) in [6, 6.07) is 15.3. The topological polar surface area (TPSA) is 68.3 Å². The van der Waals surface area contributed by atoms with Gasteiger partial charge in [0.25, 0.3) is 0 Å². The van der Waals surface area contributed by atoms with Gasteiger partial charge in [-0.25, -0.2) is 0 Å². The van der Waals surface area contributed by atoms with Gasteiger partial charge in [-0.15, -0.1) is 0 Å². The molecule has 21 heavy (non-hydrogen) atoms. The minimum atomic E-state index is 0.406. The standard InChI is InChI=1S/C17H18N2O2/c1-20-9-8-13-2-5-16(6-3-13)21-17-7-4-14(11-18)10-15(17)12-19/h2-7,10H,8-9,11,18H2,1H3. The van der Waals surface area contributed by atoms with E-state index in [1.165, 1.54) is 5.56 Å². The number of ether oxygens (including phenoxy) is 2. The summed E-state index contributed by atoms with van der Waals surface area (Å²) in [6.45, 7) is 1.10. The summed E-state index contributed by atoms with van der Waals surface area (Å²) >= 11 is 0. The van der Waals surface area contributed by atoms with Crippen molar-refractivity contribution in [1.82, 2.24) is 0 Å². The monoisotopic (exact) mass is 282 g/mol. The molecule has 0 spiro atoms. The maximum atomic E-state index is 9.17. The molecule has 0 saturated carbocycles. The van der Waals surface area contributed by atoms with Gasteiger partial charge in [0.2, 0.25) is 0 Å². The molecule has 2 aromatic carbocycles. The zero-order valence-corrected chi connectivity index (χ0v) is 12.0. The third-order valence-corrected chi connectivity index (χ3v) is 3.15. The van der Waals surface area contributed by atoms with Crippen LogP contribution in [-0.2, 0) is 17.7 Å². The summed E-state index contributed by atoms with van der Waals surface area (Å²) < 4.78 is 10.8. The molecule has 0 aromatic heterocycles. The quantitative estimate of drug-likeness (QED) is 0.884. The smallest absolute Gasteiger partial charge is 0.145 e. The molecule has 0 atom stereocenters. The molecule has 0 saturated heterocycles. The van der Waals surface area contributed by atoms with Crippen LogP contribution in [-0.4, -0.2) is 13.7 Å². The molecule has 4 nitrogen and oxygen atoms in total. The van der Waals surface area contributed by atoms with Gasteiger partial charge in [0, 0.05) is 13.7 Å². The molecule has 0 radical (unpaired) electrons. The minimum Gasteiger partial charge on any atom is -0.456 e. The average Bonchev–Trinajstić information content (AvgIpc) is 2.54. The van der Waals surface area contributed by atoms with Gasteiger partial charge in [0.15, 0.2) is 0 Å². The maximum absolute atomic E-state index is 9.17. The van der Waals surface area contributed by atoms with Crippen LogP contribution in [0, 0.1) is 11.3 Å². The minimum absolute atomic E-state index is 0.406. The fraction of sp³-hybridized carbons (Fsp3) is 0.235. The molecule has 0 amide bonds. The zero-order valence-electron chi connectivity index (χ0n) is 12.0. The first-order valence-electron chi connectivity index (χ1n) is 6.75. The van der Waals surface area contributed by atoms with Crippen molar-refractivity contribution in [1.29, 1.82) is 5.26 Å². The van der Waals surface area contributed by atoms with E-state index in [1.807, 2.05) is 30.3 Å². The molecule has 0 aliphatic carbocycles. The first-order chi connectivity index (χ1) is 10.3. The van der Waals surface area contributed by atoms with Gasteiger partial charge in [-0.1, -0.05) is 18.2 Å². The lowest BCUT2D eigenvalue weighted by molar-refractivity contribution is 0.202. The molecule has 108 valence electrons. The lowest BCUT2D eigenvalue weighted by Crippen LogP contribution is -1.98. The Morgan fingerprint density at radius 2 is 1.81 bits per heavy atom. The summed E-state index contributed by atoms with van der Waals surface area (Å²) in [6.07, 6.45) is 0.866. The van der Waals surface area contributed by atoms with Gasteiger partial charge in [0.1, 0.15) is 17.6 Å². The van der Waals surface area contributed by atoms with Gasteiger partial charge < -0.3 is 15.2 Å². The van der Waals surface area contributed by atoms with Crippen molar-refractivity contribution in [2.24, 2.45) is 5.73 Å². The number of nitrogens with two attached hydrogens (primary N) is 1. The molecule has 2 rings (SSSR count). The second kappa shape index (κ2) is 7.44. The van der Waals surface area contributed by atoms with E-state index in [0.29, 0.717) is 30.2 Å². The Morgan fingerprint density at radius 1 is 1.10 bits per heavy atom. The molecule has 4 heteroatoms. The van der Waals surface area contributed by atoms with Crippen LogP contribution < -0.4 is 10.5 Å². The van der Waals surface area contributed by atoms with E-state index in [-0.39, 0.29) is 0 Å². The highest BCUT2D eigenvalue weighted by molar-refractivity contribution is 5.47. The van der Waals surface area contributed by atoms with Crippen molar-refractivity contribution < 1.29 is 9.47 Å². The van der Waals surface area contributed by atoms with Crippen molar-refractivity contribution in [2.75, 3.05) is 13.7 Å². The molecule has 2 N–H and O–H groups in total. The molecule has 0 unspecified atom stereocenters. The predicted octanol–water partition coefficient (Wildman–Crippen LogP) is 3.00. The highest BCUT2D eigenvalue weighted by atomic mass is 16.5. The summed E-state index contributed by atoms with van der Waals surface area (Å²) in [7, 11) is 1.69. The predicted molar refractivity (Wildman–Crippen MR) is 81.1 cm³/mol. The van der Waals surface area contributed by atoms with Gasteiger partial charge in [-0.2, -0.15) is 5.26 Å². The Hall–Kier alpha value is -2.35. The molecular weight excluding hydrogens is 264 g/mol. The number of benzene rings is 2. The molecule has 0 heterocycles. The summed E-state index contributed by atoms with van der Waals surface area (Å²) in [5.41, 5.74) is 8.15. The number of nitriles is 1. The third-order valence-electron chi connectivity index (χ3n) is 3.15. The van der Waals surface area contributed by atoms with Crippen molar-refractivity contribution >= 4 is 0 Å². The summed E-state index contributed by atoms with van der Waals surface area (Å²) in [4.78, 5) is 0. The number of nitrogens with zero attached hydrogens (tertiary/aromatic N) is 1. The number of methoxy groups -OCH3 is 1. The Bertz CT molecular complexity index is 630. The second-order valence-corrected chi connectivity index (χ2v) is 4.64. The van der Waals surface area contributed by atoms with E-state index in [2.05, 4.69) is 6.07 Å². The van der Waals surface area contributed by atoms with Gasteiger partial charge in [0.05, 0.1) is 12.2 Å². The van der Waals surface area contributed by atoms with Gasteiger partial charge in [-0.3, -0.25) is 0 Å².